The molecule has 1 fully saturated rings. The summed E-state index contributed by atoms with van der Waals surface area (Å²) in [5, 5.41) is 6.96. The lowest BCUT2D eigenvalue weighted by atomic mass is 10.2. The van der Waals surface area contributed by atoms with Gasteiger partial charge in [0.1, 0.15) is 5.01 Å². The van der Waals surface area contributed by atoms with Gasteiger partial charge in [-0.1, -0.05) is 26.2 Å². The summed E-state index contributed by atoms with van der Waals surface area (Å²) in [5.74, 6) is 0. The molecule has 1 aromatic heterocycles. The monoisotopic (exact) mass is 281 g/mol. The maximum atomic E-state index is 4.75. The summed E-state index contributed by atoms with van der Waals surface area (Å²) in [6.45, 7) is 7.82. The largest absolute Gasteiger partial charge is 0.311 e. The molecule has 19 heavy (non-hydrogen) atoms. The van der Waals surface area contributed by atoms with Gasteiger partial charge in [0.2, 0.25) is 0 Å². The molecule has 0 bridgehead atoms. The molecule has 0 atom stereocenters. The molecular weight excluding hydrogens is 254 g/mol. The van der Waals surface area contributed by atoms with Crippen molar-refractivity contribution in [2.75, 3.05) is 19.6 Å². The molecule has 1 aliphatic rings. The Morgan fingerprint density at radius 2 is 2.05 bits per heavy atom. The molecule has 0 unspecified atom stereocenters. The fourth-order valence-corrected chi connectivity index (χ4v) is 3.34. The number of rotatable bonds is 7. The second-order valence-corrected chi connectivity index (χ2v) is 6.40. The molecule has 108 valence electrons. The fourth-order valence-electron chi connectivity index (χ4n) is 2.51. The molecule has 1 aromatic rings. The van der Waals surface area contributed by atoms with E-state index in [4.69, 9.17) is 4.98 Å². The standard InChI is InChI=1S/C15H27N3S/c1-2-3-8-16-11-14-13-19-15(17-14)12-18-9-6-4-5-7-10-18/h13,16H,2-12H2,1H3. The summed E-state index contributed by atoms with van der Waals surface area (Å²) in [6.07, 6.45) is 8.03. The number of hydrogen-bond acceptors (Lipinski definition) is 4. The van der Waals surface area contributed by atoms with Gasteiger partial charge in [0.25, 0.3) is 0 Å². The molecule has 0 spiro atoms. The van der Waals surface area contributed by atoms with E-state index < -0.39 is 0 Å². The van der Waals surface area contributed by atoms with Gasteiger partial charge < -0.3 is 5.32 Å². The van der Waals surface area contributed by atoms with Crippen LogP contribution >= 0.6 is 11.3 Å². The van der Waals surface area contributed by atoms with Crippen LogP contribution in [0.3, 0.4) is 0 Å². The second-order valence-electron chi connectivity index (χ2n) is 5.45. The average Bonchev–Trinajstić information content (AvgIpc) is 2.69. The first-order valence-electron chi connectivity index (χ1n) is 7.75. The van der Waals surface area contributed by atoms with Gasteiger partial charge in [0.05, 0.1) is 12.2 Å². The zero-order chi connectivity index (χ0) is 13.3. The van der Waals surface area contributed by atoms with Gasteiger partial charge in [0, 0.05) is 11.9 Å². The van der Waals surface area contributed by atoms with Crippen molar-refractivity contribution in [3.63, 3.8) is 0 Å². The van der Waals surface area contributed by atoms with E-state index in [9.17, 15) is 0 Å². The first kappa shape index (κ1) is 14.9. The number of nitrogens with zero attached hydrogens (tertiary/aromatic N) is 2. The molecule has 1 N–H and O–H groups in total. The van der Waals surface area contributed by atoms with E-state index in [0.29, 0.717) is 0 Å². The maximum Gasteiger partial charge on any atom is 0.107 e. The van der Waals surface area contributed by atoms with Crippen LogP contribution in [0.4, 0.5) is 0 Å². The van der Waals surface area contributed by atoms with Gasteiger partial charge in [-0.2, -0.15) is 0 Å². The summed E-state index contributed by atoms with van der Waals surface area (Å²) in [4.78, 5) is 7.32. The normalized spacial score (nSPS) is 17.5. The van der Waals surface area contributed by atoms with Crippen molar-refractivity contribution in [2.45, 2.75) is 58.5 Å². The van der Waals surface area contributed by atoms with E-state index in [1.807, 2.05) is 11.3 Å². The lowest BCUT2D eigenvalue weighted by Crippen LogP contribution is -2.24. The molecule has 0 aliphatic carbocycles. The third-order valence-electron chi connectivity index (χ3n) is 3.67. The minimum Gasteiger partial charge on any atom is -0.311 e. The summed E-state index contributed by atoms with van der Waals surface area (Å²) in [6, 6.07) is 0. The van der Waals surface area contributed by atoms with Crippen LogP contribution in [0.5, 0.6) is 0 Å². The Labute approximate surface area is 121 Å². The number of unbranched alkanes of at least 4 members (excludes halogenated alkanes) is 1. The van der Waals surface area contributed by atoms with Crippen LogP contribution in [-0.2, 0) is 13.1 Å². The Kier molecular flexibility index (Phi) is 6.82. The Hall–Kier alpha value is -0.450. The molecule has 1 saturated heterocycles. The topological polar surface area (TPSA) is 28.2 Å². The van der Waals surface area contributed by atoms with Crippen LogP contribution in [0.15, 0.2) is 5.38 Å². The quantitative estimate of drug-likeness (QED) is 0.776. The van der Waals surface area contributed by atoms with Gasteiger partial charge in [0.15, 0.2) is 0 Å². The molecule has 3 nitrogen and oxygen atoms in total. The van der Waals surface area contributed by atoms with E-state index in [0.717, 1.165) is 19.6 Å². The fraction of sp³-hybridized carbons (Fsp3) is 0.800. The Morgan fingerprint density at radius 3 is 2.79 bits per heavy atom. The molecule has 0 radical (unpaired) electrons. The summed E-state index contributed by atoms with van der Waals surface area (Å²) < 4.78 is 0. The zero-order valence-electron chi connectivity index (χ0n) is 12.2. The van der Waals surface area contributed by atoms with Gasteiger partial charge in [-0.15, -0.1) is 11.3 Å². The molecule has 0 saturated carbocycles. The highest BCUT2D eigenvalue weighted by Gasteiger charge is 2.11. The predicted molar refractivity (Wildman–Crippen MR) is 82.5 cm³/mol. The first-order chi connectivity index (χ1) is 9.38. The van der Waals surface area contributed by atoms with Crippen molar-refractivity contribution in [2.24, 2.45) is 0 Å². The average molecular weight is 281 g/mol. The third kappa shape index (κ3) is 5.59. The minimum atomic E-state index is 0.927. The SMILES string of the molecule is CCCCNCc1csc(CN2CCCCCC2)n1. The van der Waals surface area contributed by atoms with Crippen LogP contribution < -0.4 is 5.32 Å². The number of thiazole rings is 1. The highest BCUT2D eigenvalue weighted by Crippen LogP contribution is 2.16. The predicted octanol–water partition coefficient (Wildman–Crippen LogP) is 3.41. The maximum absolute atomic E-state index is 4.75. The lowest BCUT2D eigenvalue weighted by Gasteiger charge is -2.17. The van der Waals surface area contributed by atoms with Gasteiger partial charge in [-0.05, 0) is 38.9 Å². The van der Waals surface area contributed by atoms with Crippen molar-refractivity contribution in [1.29, 1.82) is 0 Å². The number of nitrogens with one attached hydrogen (secondary N) is 1. The van der Waals surface area contributed by atoms with Crippen LogP contribution in [0.1, 0.15) is 56.2 Å². The van der Waals surface area contributed by atoms with Crippen LogP contribution in [0.2, 0.25) is 0 Å². The molecule has 2 heterocycles. The molecule has 0 amide bonds. The summed E-state index contributed by atoms with van der Waals surface area (Å²) in [5.41, 5.74) is 1.21. The summed E-state index contributed by atoms with van der Waals surface area (Å²) in [7, 11) is 0. The lowest BCUT2D eigenvalue weighted by molar-refractivity contribution is 0.276. The van der Waals surface area contributed by atoms with Gasteiger partial charge in [-0.3, -0.25) is 4.90 Å². The smallest absolute Gasteiger partial charge is 0.107 e. The van der Waals surface area contributed by atoms with Gasteiger partial charge >= 0.3 is 0 Å². The molecule has 0 aromatic carbocycles. The van der Waals surface area contributed by atoms with Crippen molar-refractivity contribution in [1.82, 2.24) is 15.2 Å². The van der Waals surface area contributed by atoms with Crippen molar-refractivity contribution in [3.8, 4) is 0 Å². The first-order valence-corrected chi connectivity index (χ1v) is 8.63. The molecular formula is C15H27N3S. The third-order valence-corrected chi connectivity index (χ3v) is 4.55. The zero-order valence-corrected chi connectivity index (χ0v) is 13.0. The van der Waals surface area contributed by atoms with E-state index in [1.165, 1.54) is 62.3 Å². The Bertz CT molecular complexity index is 343. The van der Waals surface area contributed by atoms with E-state index >= 15 is 0 Å². The van der Waals surface area contributed by atoms with Crippen LogP contribution in [-0.4, -0.2) is 29.5 Å². The van der Waals surface area contributed by atoms with E-state index in [-0.39, 0.29) is 0 Å². The second kappa shape index (κ2) is 8.67. The van der Waals surface area contributed by atoms with Crippen molar-refractivity contribution >= 4 is 11.3 Å². The van der Waals surface area contributed by atoms with Crippen molar-refractivity contribution in [3.05, 3.63) is 16.1 Å². The molecule has 1 aliphatic heterocycles. The molecule has 4 heteroatoms. The number of likely N-dealkylation sites (tertiary alicyclic amines) is 1. The van der Waals surface area contributed by atoms with Crippen molar-refractivity contribution < 1.29 is 0 Å². The van der Waals surface area contributed by atoms with Crippen LogP contribution in [0.25, 0.3) is 0 Å². The van der Waals surface area contributed by atoms with Crippen LogP contribution in [0, 0.1) is 0 Å². The van der Waals surface area contributed by atoms with E-state index in [2.05, 4.69) is 22.5 Å². The Balaban J connectivity index is 1.73. The number of hydrogen-bond donors (Lipinski definition) is 1. The minimum absolute atomic E-state index is 0.927. The Morgan fingerprint density at radius 1 is 1.26 bits per heavy atom. The van der Waals surface area contributed by atoms with Gasteiger partial charge in [-0.25, -0.2) is 4.98 Å². The highest BCUT2D eigenvalue weighted by atomic mass is 32.1. The van der Waals surface area contributed by atoms with E-state index in [1.54, 1.807) is 0 Å². The molecule has 2 rings (SSSR count). The highest BCUT2D eigenvalue weighted by molar-refractivity contribution is 7.09. The summed E-state index contributed by atoms with van der Waals surface area (Å²) >= 11 is 1.82. The number of aromatic nitrogens is 1.